The molecule has 4 nitrogen and oxygen atoms in total. The molecule has 1 saturated heterocycles. The Bertz CT molecular complexity index is 622. The SMILES string of the molecule is CN(Cc1cc(C#N)ccc1F)C1CCS(=O)(=O)C1. The van der Waals surface area contributed by atoms with Crippen LogP contribution in [0, 0.1) is 17.1 Å². The average Bonchev–Trinajstić information content (AvgIpc) is 2.72. The van der Waals surface area contributed by atoms with Crippen molar-refractivity contribution < 1.29 is 12.8 Å². The lowest BCUT2D eigenvalue weighted by Crippen LogP contribution is -2.32. The van der Waals surface area contributed by atoms with Crippen LogP contribution in [-0.4, -0.2) is 37.9 Å². The van der Waals surface area contributed by atoms with E-state index in [1.165, 1.54) is 18.2 Å². The molecule has 1 aromatic rings. The number of nitrogens with zero attached hydrogens (tertiary/aromatic N) is 2. The first-order valence-corrected chi connectivity index (χ1v) is 7.82. The summed E-state index contributed by atoms with van der Waals surface area (Å²) in [7, 11) is -1.16. The van der Waals surface area contributed by atoms with Gasteiger partial charge in [-0.15, -0.1) is 0 Å². The Balaban J connectivity index is 2.11. The summed E-state index contributed by atoms with van der Waals surface area (Å²) in [4.78, 5) is 1.84. The molecule has 0 N–H and O–H groups in total. The number of sulfone groups is 1. The summed E-state index contributed by atoms with van der Waals surface area (Å²) in [5.41, 5.74) is 0.828. The molecule has 102 valence electrons. The summed E-state index contributed by atoms with van der Waals surface area (Å²) >= 11 is 0. The van der Waals surface area contributed by atoms with Crippen LogP contribution in [0.3, 0.4) is 0 Å². The van der Waals surface area contributed by atoms with Gasteiger partial charge in [0, 0.05) is 18.2 Å². The Hall–Kier alpha value is -1.45. The van der Waals surface area contributed by atoms with Crippen LogP contribution in [-0.2, 0) is 16.4 Å². The van der Waals surface area contributed by atoms with Gasteiger partial charge in [-0.25, -0.2) is 12.8 Å². The van der Waals surface area contributed by atoms with Crippen LogP contribution < -0.4 is 0 Å². The highest BCUT2D eigenvalue weighted by Crippen LogP contribution is 2.20. The van der Waals surface area contributed by atoms with Crippen molar-refractivity contribution in [1.82, 2.24) is 4.90 Å². The lowest BCUT2D eigenvalue weighted by atomic mass is 10.1. The quantitative estimate of drug-likeness (QED) is 0.839. The molecule has 0 bridgehead atoms. The van der Waals surface area contributed by atoms with E-state index < -0.39 is 9.84 Å². The summed E-state index contributed by atoms with van der Waals surface area (Å²) in [5, 5.41) is 8.80. The first-order valence-electron chi connectivity index (χ1n) is 6.00. The number of hydrogen-bond donors (Lipinski definition) is 0. The van der Waals surface area contributed by atoms with E-state index >= 15 is 0 Å². The van der Waals surface area contributed by atoms with E-state index in [9.17, 15) is 12.8 Å². The van der Waals surface area contributed by atoms with Gasteiger partial charge in [-0.05, 0) is 31.7 Å². The monoisotopic (exact) mass is 282 g/mol. The molecule has 1 aliphatic rings. The second kappa shape index (κ2) is 5.27. The minimum atomic E-state index is -2.94. The van der Waals surface area contributed by atoms with Gasteiger partial charge in [0.05, 0.1) is 23.1 Å². The molecular formula is C13H15FN2O2S. The topological polar surface area (TPSA) is 61.2 Å². The molecule has 1 aliphatic heterocycles. The molecule has 1 atom stereocenters. The zero-order valence-corrected chi connectivity index (χ0v) is 11.5. The molecule has 0 saturated carbocycles. The number of hydrogen-bond acceptors (Lipinski definition) is 4. The predicted octanol–water partition coefficient (Wildman–Crippen LogP) is 1.32. The maximum Gasteiger partial charge on any atom is 0.151 e. The average molecular weight is 282 g/mol. The number of halogens is 1. The Morgan fingerprint density at radius 3 is 2.84 bits per heavy atom. The molecule has 19 heavy (non-hydrogen) atoms. The lowest BCUT2D eigenvalue weighted by molar-refractivity contribution is 0.250. The summed E-state index contributed by atoms with van der Waals surface area (Å²) in [6.07, 6.45) is 0.582. The third-order valence-electron chi connectivity index (χ3n) is 3.43. The third-order valence-corrected chi connectivity index (χ3v) is 5.18. The van der Waals surface area contributed by atoms with Gasteiger partial charge in [0.15, 0.2) is 9.84 Å². The van der Waals surface area contributed by atoms with E-state index in [4.69, 9.17) is 5.26 Å². The fraction of sp³-hybridized carbons (Fsp3) is 0.462. The van der Waals surface area contributed by atoms with Crippen molar-refractivity contribution in [3.63, 3.8) is 0 Å². The van der Waals surface area contributed by atoms with Gasteiger partial charge >= 0.3 is 0 Å². The Kier molecular flexibility index (Phi) is 3.88. The van der Waals surface area contributed by atoms with Crippen molar-refractivity contribution in [1.29, 1.82) is 5.26 Å². The number of nitriles is 1. The van der Waals surface area contributed by atoms with E-state index in [-0.39, 0.29) is 23.4 Å². The molecule has 2 rings (SSSR count). The van der Waals surface area contributed by atoms with Crippen molar-refractivity contribution in [3.05, 3.63) is 35.1 Å². The first-order chi connectivity index (χ1) is 8.91. The normalized spacial score (nSPS) is 21.5. The summed E-state index contributed by atoms with van der Waals surface area (Å²) < 4.78 is 36.5. The zero-order valence-electron chi connectivity index (χ0n) is 10.6. The van der Waals surface area contributed by atoms with E-state index in [1.807, 2.05) is 11.0 Å². The fourth-order valence-electron chi connectivity index (χ4n) is 2.29. The molecule has 1 aromatic carbocycles. The van der Waals surface area contributed by atoms with Crippen LogP contribution in [0.5, 0.6) is 0 Å². The third kappa shape index (κ3) is 3.31. The van der Waals surface area contributed by atoms with E-state index in [2.05, 4.69) is 0 Å². The summed E-state index contributed by atoms with van der Waals surface area (Å²) in [6, 6.07) is 6.11. The van der Waals surface area contributed by atoms with E-state index in [0.717, 1.165) is 0 Å². The van der Waals surface area contributed by atoms with Crippen molar-refractivity contribution >= 4 is 9.84 Å². The van der Waals surface area contributed by atoms with E-state index in [0.29, 0.717) is 24.1 Å². The first kappa shape index (κ1) is 14.0. The summed E-state index contributed by atoms with van der Waals surface area (Å²) in [5.74, 6) is -0.0436. The van der Waals surface area contributed by atoms with Crippen LogP contribution in [0.4, 0.5) is 4.39 Å². The van der Waals surface area contributed by atoms with Crippen LogP contribution in [0.25, 0.3) is 0 Å². The molecule has 6 heteroatoms. The van der Waals surface area contributed by atoms with Gasteiger partial charge in [0.2, 0.25) is 0 Å². The lowest BCUT2D eigenvalue weighted by Gasteiger charge is -2.23. The minimum absolute atomic E-state index is 0.0739. The van der Waals surface area contributed by atoms with Gasteiger partial charge in [-0.3, -0.25) is 4.90 Å². The molecule has 0 spiro atoms. The van der Waals surface area contributed by atoms with Crippen molar-refractivity contribution in [2.45, 2.75) is 19.0 Å². The van der Waals surface area contributed by atoms with E-state index in [1.54, 1.807) is 7.05 Å². The maximum absolute atomic E-state index is 13.7. The van der Waals surface area contributed by atoms with Gasteiger partial charge in [0.25, 0.3) is 0 Å². The smallest absolute Gasteiger partial charge is 0.151 e. The van der Waals surface area contributed by atoms with Crippen molar-refractivity contribution in [2.75, 3.05) is 18.6 Å². The molecule has 0 amide bonds. The standard InChI is InChI=1S/C13H15FN2O2S/c1-16(12-4-5-19(17,18)9-12)8-11-6-10(7-15)2-3-13(11)14/h2-3,6,12H,4-5,8-9H2,1H3. The summed E-state index contributed by atoms with van der Waals surface area (Å²) in [6.45, 7) is 0.307. The fourth-order valence-corrected chi connectivity index (χ4v) is 4.09. The molecule has 0 aliphatic carbocycles. The Morgan fingerprint density at radius 1 is 1.53 bits per heavy atom. The Labute approximate surface area is 112 Å². The van der Waals surface area contributed by atoms with Gasteiger partial charge in [-0.1, -0.05) is 0 Å². The van der Waals surface area contributed by atoms with Gasteiger partial charge in [0.1, 0.15) is 5.82 Å². The second-order valence-electron chi connectivity index (χ2n) is 4.89. The van der Waals surface area contributed by atoms with Crippen molar-refractivity contribution in [3.8, 4) is 6.07 Å². The number of benzene rings is 1. The minimum Gasteiger partial charge on any atom is -0.298 e. The van der Waals surface area contributed by atoms with Crippen LogP contribution >= 0.6 is 0 Å². The highest BCUT2D eigenvalue weighted by Gasteiger charge is 2.30. The highest BCUT2D eigenvalue weighted by atomic mass is 32.2. The molecule has 0 aromatic heterocycles. The van der Waals surface area contributed by atoms with Crippen LogP contribution in [0.1, 0.15) is 17.5 Å². The molecule has 1 fully saturated rings. The Morgan fingerprint density at radius 2 is 2.26 bits per heavy atom. The largest absolute Gasteiger partial charge is 0.298 e. The van der Waals surface area contributed by atoms with Gasteiger partial charge < -0.3 is 0 Å². The van der Waals surface area contributed by atoms with Gasteiger partial charge in [-0.2, -0.15) is 5.26 Å². The molecule has 0 radical (unpaired) electrons. The molecular weight excluding hydrogens is 267 g/mol. The highest BCUT2D eigenvalue weighted by molar-refractivity contribution is 7.91. The van der Waals surface area contributed by atoms with Crippen LogP contribution in [0.2, 0.25) is 0 Å². The maximum atomic E-state index is 13.7. The predicted molar refractivity (Wildman–Crippen MR) is 69.6 cm³/mol. The number of rotatable bonds is 3. The molecule has 1 unspecified atom stereocenters. The van der Waals surface area contributed by atoms with Crippen LogP contribution in [0.15, 0.2) is 18.2 Å². The second-order valence-corrected chi connectivity index (χ2v) is 7.12. The van der Waals surface area contributed by atoms with Crippen molar-refractivity contribution in [2.24, 2.45) is 0 Å². The molecule has 1 heterocycles. The zero-order chi connectivity index (χ0) is 14.0.